The molecule has 0 radical (unpaired) electrons. The van der Waals surface area contributed by atoms with Gasteiger partial charge in [-0.15, -0.1) is 0 Å². The number of carbonyl (C=O) groups excluding carboxylic acids is 1. The molecule has 0 saturated carbocycles. The summed E-state index contributed by atoms with van der Waals surface area (Å²) in [5, 5.41) is 2.66. The van der Waals surface area contributed by atoms with Crippen molar-refractivity contribution >= 4 is 11.8 Å². The third-order valence-corrected chi connectivity index (χ3v) is 2.07. The molecule has 4 heteroatoms. The third kappa shape index (κ3) is 4.17. The number of ether oxygens (including phenoxy) is 1. The smallest absolute Gasteiger partial charge is 0.411 e. The van der Waals surface area contributed by atoms with E-state index in [2.05, 4.69) is 17.2 Å². The first-order valence-electron chi connectivity index (χ1n) is 5.40. The second-order valence-electron chi connectivity index (χ2n) is 3.38. The Morgan fingerprint density at radius 3 is 2.88 bits per heavy atom. The predicted octanol–water partition coefficient (Wildman–Crippen LogP) is 1.87. The van der Waals surface area contributed by atoms with Gasteiger partial charge in [-0.2, -0.15) is 0 Å². The van der Waals surface area contributed by atoms with Crippen LogP contribution >= 0.6 is 0 Å². The molecule has 17 heavy (non-hydrogen) atoms. The van der Waals surface area contributed by atoms with Crippen LogP contribution in [0.4, 0.5) is 10.5 Å². The van der Waals surface area contributed by atoms with Gasteiger partial charge in [0.05, 0.1) is 13.2 Å². The lowest BCUT2D eigenvalue weighted by molar-refractivity contribution is 0.168. The molecule has 0 saturated heterocycles. The van der Waals surface area contributed by atoms with E-state index in [4.69, 9.17) is 10.5 Å². The van der Waals surface area contributed by atoms with Gasteiger partial charge in [-0.25, -0.2) is 4.79 Å². The Hall–Kier alpha value is -1.99. The predicted molar refractivity (Wildman–Crippen MR) is 67.8 cm³/mol. The van der Waals surface area contributed by atoms with Crippen molar-refractivity contribution in [2.24, 2.45) is 5.73 Å². The van der Waals surface area contributed by atoms with E-state index in [1.165, 1.54) is 0 Å². The van der Waals surface area contributed by atoms with Gasteiger partial charge in [-0.05, 0) is 37.6 Å². The highest BCUT2D eigenvalue weighted by molar-refractivity contribution is 5.85. The number of nitrogens with one attached hydrogen (secondary N) is 1. The summed E-state index contributed by atoms with van der Waals surface area (Å²) in [6, 6.07) is 5.52. The molecule has 4 nitrogen and oxygen atoms in total. The molecule has 0 fully saturated rings. The minimum Gasteiger partial charge on any atom is -0.450 e. The van der Waals surface area contributed by atoms with E-state index in [0.717, 1.165) is 16.8 Å². The molecule has 0 heterocycles. The quantitative estimate of drug-likeness (QED) is 0.765. The molecule has 1 rings (SSSR count). The molecule has 0 atom stereocenters. The molecule has 90 valence electrons. The minimum atomic E-state index is -0.448. The summed E-state index contributed by atoms with van der Waals surface area (Å²) in [6.45, 7) is 4.35. The van der Waals surface area contributed by atoms with Gasteiger partial charge in [-0.1, -0.05) is 11.8 Å². The van der Waals surface area contributed by atoms with Gasteiger partial charge in [0.25, 0.3) is 0 Å². The van der Waals surface area contributed by atoms with Crippen molar-refractivity contribution in [1.29, 1.82) is 0 Å². The number of anilines is 1. The lowest BCUT2D eigenvalue weighted by Gasteiger charge is -2.08. The maximum absolute atomic E-state index is 11.2. The average Bonchev–Trinajstić information content (AvgIpc) is 2.30. The van der Waals surface area contributed by atoms with E-state index < -0.39 is 6.09 Å². The molecule has 1 amide bonds. The number of amides is 1. The van der Waals surface area contributed by atoms with Gasteiger partial charge < -0.3 is 10.5 Å². The van der Waals surface area contributed by atoms with Crippen LogP contribution in [-0.4, -0.2) is 19.2 Å². The van der Waals surface area contributed by atoms with Crippen molar-refractivity contribution in [2.75, 3.05) is 18.5 Å². The zero-order chi connectivity index (χ0) is 12.7. The molecule has 0 aliphatic rings. The topological polar surface area (TPSA) is 64.3 Å². The Kier molecular flexibility index (Phi) is 5.05. The maximum Gasteiger partial charge on any atom is 0.411 e. The average molecular weight is 232 g/mol. The van der Waals surface area contributed by atoms with E-state index in [1.807, 2.05) is 19.1 Å². The number of carbonyl (C=O) groups is 1. The molecular weight excluding hydrogens is 216 g/mol. The fraction of sp³-hybridized carbons (Fsp3) is 0.308. The number of rotatable bonds is 2. The van der Waals surface area contributed by atoms with Crippen LogP contribution in [0.1, 0.15) is 18.1 Å². The van der Waals surface area contributed by atoms with Crippen molar-refractivity contribution in [3.63, 3.8) is 0 Å². The standard InChI is InChI=1S/C13H16N2O2/c1-3-17-13(16)15-12-7-6-11(5-4-8-14)9-10(12)2/h6-7,9H,3,8,14H2,1-2H3,(H,15,16). The second kappa shape index (κ2) is 6.56. The van der Waals surface area contributed by atoms with Gasteiger partial charge in [0.2, 0.25) is 0 Å². The van der Waals surface area contributed by atoms with Gasteiger partial charge >= 0.3 is 6.09 Å². The SMILES string of the molecule is CCOC(=O)Nc1ccc(C#CCN)cc1C. The van der Waals surface area contributed by atoms with Gasteiger partial charge in [0.15, 0.2) is 0 Å². The zero-order valence-electron chi connectivity index (χ0n) is 10.0. The van der Waals surface area contributed by atoms with Crippen LogP contribution in [0.3, 0.4) is 0 Å². The highest BCUT2D eigenvalue weighted by Crippen LogP contribution is 2.16. The Balaban J connectivity index is 2.79. The third-order valence-electron chi connectivity index (χ3n) is 2.07. The molecule has 0 aromatic heterocycles. The largest absolute Gasteiger partial charge is 0.450 e. The molecule has 0 aliphatic heterocycles. The second-order valence-corrected chi connectivity index (χ2v) is 3.38. The fourth-order valence-electron chi connectivity index (χ4n) is 1.31. The van der Waals surface area contributed by atoms with E-state index >= 15 is 0 Å². The molecule has 3 N–H and O–H groups in total. The van der Waals surface area contributed by atoms with Crippen LogP contribution in [0.25, 0.3) is 0 Å². The van der Waals surface area contributed by atoms with Crippen LogP contribution in [0, 0.1) is 18.8 Å². The first-order chi connectivity index (χ1) is 8.17. The molecule has 0 unspecified atom stereocenters. The lowest BCUT2D eigenvalue weighted by atomic mass is 10.1. The highest BCUT2D eigenvalue weighted by atomic mass is 16.5. The summed E-state index contributed by atoms with van der Waals surface area (Å²) in [5.74, 6) is 5.71. The zero-order valence-corrected chi connectivity index (χ0v) is 10.0. The fourth-order valence-corrected chi connectivity index (χ4v) is 1.31. The van der Waals surface area contributed by atoms with Crippen LogP contribution in [0.15, 0.2) is 18.2 Å². The van der Waals surface area contributed by atoms with Crippen molar-refractivity contribution in [3.05, 3.63) is 29.3 Å². The van der Waals surface area contributed by atoms with E-state index in [0.29, 0.717) is 13.2 Å². The number of nitrogens with two attached hydrogens (primary N) is 1. The number of hydrogen-bond acceptors (Lipinski definition) is 3. The lowest BCUT2D eigenvalue weighted by Crippen LogP contribution is -2.14. The molecule has 0 spiro atoms. The molecule has 1 aromatic carbocycles. The summed E-state index contributed by atoms with van der Waals surface area (Å²) in [6.07, 6.45) is -0.448. The summed E-state index contributed by atoms with van der Waals surface area (Å²) in [7, 11) is 0. The Morgan fingerprint density at radius 2 is 2.29 bits per heavy atom. The van der Waals surface area contributed by atoms with Gasteiger partial charge in [0, 0.05) is 11.3 Å². The number of hydrogen-bond donors (Lipinski definition) is 2. The number of aryl methyl sites for hydroxylation is 1. The normalized spacial score (nSPS) is 9.12. The molecule has 1 aromatic rings. The summed E-state index contributed by atoms with van der Waals surface area (Å²) in [4.78, 5) is 11.2. The Bertz CT molecular complexity index is 458. The van der Waals surface area contributed by atoms with E-state index in [1.54, 1.807) is 13.0 Å². The van der Waals surface area contributed by atoms with Gasteiger partial charge in [-0.3, -0.25) is 5.32 Å². The van der Waals surface area contributed by atoms with Crippen LogP contribution in [0.2, 0.25) is 0 Å². The minimum absolute atomic E-state index is 0.335. The van der Waals surface area contributed by atoms with E-state index in [-0.39, 0.29) is 0 Å². The number of benzene rings is 1. The molecule has 0 aliphatic carbocycles. The van der Waals surface area contributed by atoms with Gasteiger partial charge in [0.1, 0.15) is 0 Å². The summed E-state index contributed by atoms with van der Waals surface area (Å²) < 4.78 is 4.80. The molecule has 0 bridgehead atoms. The van der Waals surface area contributed by atoms with E-state index in [9.17, 15) is 4.79 Å². The summed E-state index contributed by atoms with van der Waals surface area (Å²) >= 11 is 0. The molecular formula is C13H16N2O2. The monoisotopic (exact) mass is 232 g/mol. The van der Waals surface area contributed by atoms with Crippen molar-refractivity contribution in [3.8, 4) is 11.8 Å². The maximum atomic E-state index is 11.2. The highest BCUT2D eigenvalue weighted by Gasteiger charge is 2.04. The first-order valence-corrected chi connectivity index (χ1v) is 5.40. The Labute approximate surface area is 101 Å². The van der Waals surface area contributed by atoms with Crippen LogP contribution in [-0.2, 0) is 4.74 Å². The Morgan fingerprint density at radius 1 is 1.53 bits per heavy atom. The van der Waals surface area contributed by atoms with Crippen molar-refractivity contribution in [1.82, 2.24) is 0 Å². The van der Waals surface area contributed by atoms with Crippen LogP contribution < -0.4 is 11.1 Å². The first kappa shape index (κ1) is 13.1. The van der Waals surface area contributed by atoms with Crippen molar-refractivity contribution in [2.45, 2.75) is 13.8 Å². The van der Waals surface area contributed by atoms with Crippen LogP contribution in [0.5, 0.6) is 0 Å². The summed E-state index contributed by atoms with van der Waals surface area (Å²) in [5.41, 5.74) is 7.83. The van der Waals surface area contributed by atoms with Crippen molar-refractivity contribution < 1.29 is 9.53 Å².